The second kappa shape index (κ2) is 6.37. The first-order valence-corrected chi connectivity index (χ1v) is 4.54. The monoisotopic (exact) mass is 202 g/mol. The minimum absolute atomic E-state index is 0.0169. The van der Waals surface area contributed by atoms with E-state index in [0.29, 0.717) is 0 Å². The van der Waals surface area contributed by atoms with E-state index in [1.165, 1.54) is 7.11 Å². The number of likely N-dealkylation sites (N-methyl/N-ethyl adjacent to an activating group) is 1. The number of rotatable bonds is 5. The van der Waals surface area contributed by atoms with Gasteiger partial charge in [-0.2, -0.15) is 0 Å². The predicted octanol–water partition coefficient (Wildman–Crippen LogP) is -0.480. The minimum Gasteiger partial charge on any atom is -0.467 e. The van der Waals surface area contributed by atoms with Crippen LogP contribution in [0.25, 0.3) is 0 Å². The molecule has 0 heterocycles. The number of hydrogen-bond donors (Lipinski definition) is 2. The lowest BCUT2D eigenvalue weighted by Gasteiger charge is -2.19. The Kier molecular flexibility index (Phi) is 5.87. The Balaban J connectivity index is 4.23. The normalized spacial score (nSPS) is 12.4. The first-order valence-electron chi connectivity index (χ1n) is 4.54. The van der Waals surface area contributed by atoms with Crippen LogP contribution in [0.1, 0.15) is 13.8 Å². The molecule has 0 aromatic carbocycles. The van der Waals surface area contributed by atoms with Gasteiger partial charge in [-0.3, -0.25) is 4.79 Å². The number of ether oxygens (including phenoxy) is 1. The average molecular weight is 202 g/mol. The predicted molar refractivity (Wildman–Crippen MR) is 52.7 cm³/mol. The van der Waals surface area contributed by atoms with E-state index >= 15 is 0 Å². The number of carbonyl (C=O) groups is 2. The fourth-order valence-electron chi connectivity index (χ4n) is 1.01. The van der Waals surface area contributed by atoms with Crippen molar-refractivity contribution < 1.29 is 14.3 Å². The lowest BCUT2D eigenvalue weighted by molar-refractivity contribution is -0.146. The van der Waals surface area contributed by atoms with Gasteiger partial charge in [-0.25, -0.2) is 4.79 Å². The highest BCUT2D eigenvalue weighted by molar-refractivity contribution is 5.85. The summed E-state index contributed by atoms with van der Waals surface area (Å²) in [5, 5.41) is 5.30. The second-order valence-corrected chi connectivity index (χ2v) is 3.34. The van der Waals surface area contributed by atoms with Gasteiger partial charge in [0.15, 0.2) is 0 Å². The molecule has 0 saturated heterocycles. The van der Waals surface area contributed by atoms with Gasteiger partial charge in [-0.1, -0.05) is 13.8 Å². The summed E-state index contributed by atoms with van der Waals surface area (Å²) in [6, 6.07) is -0.569. The molecule has 0 aliphatic heterocycles. The molecule has 1 unspecified atom stereocenters. The molecule has 82 valence electrons. The number of esters is 1. The van der Waals surface area contributed by atoms with E-state index in [4.69, 9.17) is 0 Å². The summed E-state index contributed by atoms with van der Waals surface area (Å²) in [5.41, 5.74) is 0. The van der Waals surface area contributed by atoms with Gasteiger partial charge < -0.3 is 15.4 Å². The van der Waals surface area contributed by atoms with E-state index in [0.717, 1.165) is 0 Å². The molecule has 1 amide bonds. The van der Waals surface area contributed by atoms with Crippen LogP contribution in [0.15, 0.2) is 0 Å². The molecule has 0 spiro atoms. The van der Waals surface area contributed by atoms with Crippen molar-refractivity contribution in [2.75, 3.05) is 20.7 Å². The van der Waals surface area contributed by atoms with Crippen LogP contribution in [-0.4, -0.2) is 38.6 Å². The SMILES string of the molecule is CNCC(=O)NC(C(=O)OC)C(C)C. The van der Waals surface area contributed by atoms with Gasteiger partial charge in [-0.05, 0) is 13.0 Å². The molecule has 0 fully saturated rings. The van der Waals surface area contributed by atoms with Crippen LogP contribution < -0.4 is 10.6 Å². The Hall–Kier alpha value is -1.10. The molecule has 5 nitrogen and oxygen atoms in total. The smallest absolute Gasteiger partial charge is 0.328 e. The molecule has 0 aliphatic rings. The van der Waals surface area contributed by atoms with Crippen molar-refractivity contribution in [1.29, 1.82) is 0 Å². The molecular formula is C9H18N2O3. The van der Waals surface area contributed by atoms with Crippen LogP contribution in [-0.2, 0) is 14.3 Å². The molecule has 5 heteroatoms. The Labute approximate surface area is 84.2 Å². The summed E-state index contributed by atoms with van der Waals surface area (Å²) in [4.78, 5) is 22.4. The first kappa shape index (κ1) is 12.9. The van der Waals surface area contributed by atoms with E-state index in [-0.39, 0.29) is 18.4 Å². The third-order valence-electron chi connectivity index (χ3n) is 1.78. The van der Waals surface area contributed by atoms with Crippen molar-refractivity contribution in [3.8, 4) is 0 Å². The fraction of sp³-hybridized carbons (Fsp3) is 0.778. The lowest BCUT2D eigenvalue weighted by atomic mass is 10.0. The molecular weight excluding hydrogens is 184 g/mol. The third-order valence-corrected chi connectivity index (χ3v) is 1.78. The topological polar surface area (TPSA) is 67.4 Å². The number of amides is 1. The Morgan fingerprint density at radius 1 is 1.36 bits per heavy atom. The standard InChI is InChI=1S/C9H18N2O3/c1-6(2)8(9(13)14-4)11-7(12)5-10-3/h6,8,10H,5H2,1-4H3,(H,11,12). The van der Waals surface area contributed by atoms with Gasteiger partial charge in [0.05, 0.1) is 13.7 Å². The molecule has 14 heavy (non-hydrogen) atoms. The number of nitrogens with one attached hydrogen (secondary N) is 2. The van der Waals surface area contributed by atoms with Gasteiger partial charge in [0, 0.05) is 0 Å². The highest BCUT2D eigenvalue weighted by Gasteiger charge is 2.24. The second-order valence-electron chi connectivity index (χ2n) is 3.34. The van der Waals surface area contributed by atoms with Crippen molar-refractivity contribution in [1.82, 2.24) is 10.6 Å². The van der Waals surface area contributed by atoms with E-state index in [2.05, 4.69) is 15.4 Å². The maximum atomic E-state index is 11.2. The molecule has 1 atom stereocenters. The molecule has 0 aromatic rings. The summed E-state index contributed by atoms with van der Waals surface area (Å²) >= 11 is 0. The van der Waals surface area contributed by atoms with Crippen molar-refractivity contribution in [3.63, 3.8) is 0 Å². The van der Waals surface area contributed by atoms with Crippen LogP contribution in [0, 0.1) is 5.92 Å². The van der Waals surface area contributed by atoms with E-state index in [9.17, 15) is 9.59 Å². The maximum absolute atomic E-state index is 11.2. The average Bonchev–Trinajstić information content (AvgIpc) is 2.13. The fourth-order valence-corrected chi connectivity index (χ4v) is 1.01. The molecule has 0 aliphatic carbocycles. The lowest BCUT2D eigenvalue weighted by Crippen LogP contribution is -2.47. The van der Waals surface area contributed by atoms with Crippen LogP contribution >= 0.6 is 0 Å². The molecule has 2 N–H and O–H groups in total. The summed E-state index contributed by atoms with van der Waals surface area (Å²) < 4.78 is 4.58. The summed E-state index contributed by atoms with van der Waals surface area (Å²) in [5.74, 6) is -0.607. The Morgan fingerprint density at radius 3 is 2.29 bits per heavy atom. The van der Waals surface area contributed by atoms with Gasteiger partial charge in [0.2, 0.25) is 5.91 Å². The zero-order valence-corrected chi connectivity index (χ0v) is 9.09. The Bertz CT molecular complexity index is 204. The molecule has 0 aromatic heterocycles. The molecule has 0 bridgehead atoms. The highest BCUT2D eigenvalue weighted by atomic mass is 16.5. The van der Waals surface area contributed by atoms with Crippen LogP contribution in [0.5, 0.6) is 0 Å². The first-order chi connectivity index (χ1) is 6.52. The van der Waals surface area contributed by atoms with Crippen molar-refractivity contribution in [2.24, 2.45) is 5.92 Å². The summed E-state index contributed by atoms with van der Waals surface area (Å²) in [6.45, 7) is 3.89. The van der Waals surface area contributed by atoms with Gasteiger partial charge in [-0.15, -0.1) is 0 Å². The van der Waals surface area contributed by atoms with E-state index in [1.807, 2.05) is 13.8 Å². The van der Waals surface area contributed by atoms with Crippen LogP contribution in [0.3, 0.4) is 0 Å². The molecule has 0 radical (unpaired) electrons. The van der Waals surface area contributed by atoms with Gasteiger partial charge >= 0.3 is 5.97 Å². The quantitative estimate of drug-likeness (QED) is 0.591. The van der Waals surface area contributed by atoms with Crippen molar-refractivity contribution in [2.45, 2.75) is 19.9 Å². The van der Waals surface area contributed by atoms with Gasteiger partial charge in [0.25, 0.3) is 0 Å². The summed E-state index contributed by atoms with van der Waals surface area (Å²) in [6.07, 6.45) is 0. The highest BCUT2D eigenvalue weighted by Crippen LogP contribution is 2.02. The van der Waals surface area contributed by atoms with Crippen LogP contribution in [0.2, 0.25) is 0 Å². The van der Waals surface area contributed by atoms with E-state index < -0.39 is 12.0 Å². The number of methoxy groups -OCH3 is 1. The summed E-state index contributed by atoms with van der Waals surface area (Å²) in [7, 11) is 2.98. The number of carbonyl (C=O) groups excluding carboxylic acids is 2. The Morgan fingerprint density at radius 2 is 1.93 bits per heavy atom. The zero-order chi connectivity index (χ0) is 11.1. The van der Waals surface area contributed by atoms with Crippen molar-refractivity contribution >= 4 is 11.9 Å². The minimum atomic E-state index is -0.569. The van der Waals surface area contributed by atoms with Crippen LogP contribution in [0.4, 0.5) is 0 Å². The van der Waals surface area contributed by atoms with E-state index in [1.54, 1.807) is 7.05 Å². The number of hydrogen-bond acceptors (Lipinski definition) is 4. The molecule has 0 saturated carbocycles. The zero-order valence-electron chi connectivity index (χ0n) is 9.09. The molecule has 0 rings (SSSR count). The largest absolute Gasteiger partial charge is 0.467 e. The van der Waals surface area contributed by atoms with Crippen molar-refractivity contribution in [3.05, 3.63) is 0 Å². The van der Waals surface area contributed by atoms with Gasteiger partial charge in [0.1, 0.15) is 6.04 Å². The third kappa shape index (κ3) is 4.23. The maximum Gasteiger partial charge on any atom is 0.328 e.